The van der Waals surface area contributed by atoms with Gasteiger partial charge < -0.3 is 9.47 Å². The van der Waals surface area contributed by atoms with E-state index in [2.05, 4.69) is 14.5 Å². The van der Waals surface area contributed by atoms with Crippen LogP contribution in [-0.4, -0.2) is 57.5 Å². The number of para-hydroxylation sites is 2. The maximum Gasteiger partial charge on any atom is 0.256 e. The molecule has 3 aromatic rings. The zero-order chi connectivity index (χ0) is 21.5. The van der Waals surface area contributed by atoms with Gasteiger partial charge in [-0.15, -0.1) is 0 Å². The highest BCUT2D eigenvalue weighted by atomic mass is 19.1. The van der Waals surface area contributed by atoms with Crippen molar-refractivity contribution in [2.45, 2.75) is 51.2 Å². The summed E-state index contributed by atoms with van der Waals surface area (Å²) >= 11 is 0. The van der Waals surface area contributed by atoms with Gasteiger partial charge in [0.2, 0.25) is 0 Å². The molecule has 2 aromatic carbocycles. The molecule has 1 saturated carbocycles. The molecule has 0 N–H and O–H groups in total. The van der Waals surface area contributed by atoms with Crippen molar-refractivity contribution in [2.24, 2.45) is 0 Å². The van der Waals surface area contributed by atoms with Crippen LogP contribution in [0.1, 0.15) is 47.4 Å². The quantitative estimate of drug-likeness (QED) is 0.620. The van der Waals surface area contributed by atoms with Crippen molar-refractivity contribution in [3.8, 4) is 0 Å². The third-order valence-corrected chi connectivity index (χ3v) is 7.10. The molecule has 5 rings (SSSR count). The van der Waals surface area contributed by atoms with Crippen LogP contribution in [0, 0.1) is 12.7 Å². The van der Waals surface area contributed by atoms with Crippen molar-refractivity contribution < 1.29 is 9.18 Å². The molecule has 1 atom stereocenters. The number of carbonyl (C=O) groups excluding carboxylic acids is 1. The van der Waals surface area contributed by atoms with E-state index in [0.717, 1.165) is 41.9 Å². The van der Waals surface area contributed by atoms with E-state index >= 15 is 0 Å². The number of hydrogen-bond acceptors (Lipinski definition) is 3. The van der Waals surface area contributed by atoms with Gasteiger partial charge in [0.1, 0.15) is 11.6 Å². The van der Waals surface area contributed by atoms with Crippen LogP contribution < -0.4 is 0 Å². The zero-order valence-electron chi connectivity index (χ0n) is 18.2. The van der Waals surface area contributed by atoms with E-state index in [-0.39, 0.29) is 17.5 Å². The summed E-state index contributed by atoms with van der Waals surface area (Å²) in [5, 5.41) is 0. The molecule has 1 saturated heterocycles. The Labute approximate surface area is 182 Å². The summed E-state index contributed by atoms with van der Waals surface area (Å²) in [5.41, 5.74) is 2.93. The molecule has 1 aromatic heterocycles. The highest BCUT2D eigenvalue weighted by molar-refractivity contribution is 5.94. The molecule has 0 spiro atoms. The number of aryl methyl sites for hydroxylation is 1. The summed E-state index contributed by atoms with van der Waals surface area (Å²) in [6.07, 6.45) is 4.82. The Bertz CT molecular complexity index is 1120. The molecule has 31 heavy (non-hydrogen) atoms. The molecule has 2 aliphatic rings. The number of imidazole rings is 1. The van der Waals surface area contributed by atoms with E-state index in [9.17, 15) is 9.18 Å². The number of amides is 1. The second-order valence-electron chi connectivity index (χ2n) is 8.99. The minimum atomic E-state index is -0.453. The van der Waals surface area contributed by atoms with Crippen molar-refractivity contribution in [1.82, 2.24) is 19.4 Å². The molecule has 162 valence electrons. The van der Waals surface area contributed by atoms with Gasteiger partial charge in [-0.05, 0) is 56.0 Å². The van der Waals surface area contributed by atoms with E-state index in [0.29, 0.717) is 12.6 Å². The third kappa shape index (κ3) is 3.74. The standard InChI is InChI=1S/C25H29FN4O/c1-17-27-23-8-3-4-9-24(23)30(17)15-18-10-11-21(22(26)14-18)25(31)28(2)20-12-13-29(16-20)19-6-5-7-19/h3-4,8-11,14,19-20H,5-7,12-13,15-16H2,1-2H3. The van der Waals surface area contributed by atoms with Gasteiger partial charge in [0.05, 0.1) is 16.6 Å². The second kappa shape index (κ2) is 8.08. The number of nitrogens with zero attached hydrogens (tertiary/aromatic N) is 4. The molecular formula is C25H29FN4O. The van der Waals surface area contributed by atoms with Crippen molar-refractivity contribution >= 4 is 16.9 Å². The Balaban J connectivity index is 1.31. The molecule has 6 heteroatoms. The van der Waals surface area contributed by atoms with Gasteiger partial charge in [0.15, 0.2) is 0 Å². The summed E-state index contributed by atoms with van der Waals surface area (Å²) in [7, 11) is 1.81. The molecule has 2 fully saturated rings. The predicted octanol–water partition coefficient (Wildman–Crippen LogP) is 4.23. The summed E-state index contributed by atoms with van der Waals surface area (Å²) in [6, 6.07) is 13.8. The Hall–Kier alpha value is -2.73. The lowest BCUT2D eigenvalue weighted by molar-refractivity contribution is 0.0715. The van der Waals surface area contributed by atoms with Gasteiger partial charge in [-0.1, -0.05) is 24.6 Å². The first-order valence-electron chi connectivity index (χ1n) is 11.2. The number of benzene rings is 2. The van der Waals surface area contributed by atoms with Crippen LogP contribution in [0.3, 0.4) is 0 Å². The number of likely N-dealkylation sites (N-methyl/N-ethyl adjacent to an activating group) is 1. The minimum absolute atomic E-state index is 0.153. The fraction of sp³-hybridized carbons (Fsp3) is 0.440. The minimum Gasteiger partial charge on any atom is -0.337 e. The van der Waals surface area contributed by atoms with Gasteiger partial charge in [0.25, 0.3) is 5.91 Å². The number of fused-ring (bicyclic) bond motifs is 1. The Morgan fingerprint density at radius 2 is 2.00 bits per heavy atom. The average Bonchev–Trinajstić information content (AvgIpc) is 3.31. The smallest absolute Gasteiger partial charge is 0.256 e. The lowest BCUT2D eigenvalue weighted by atomic mass is 9.92. The monoisotopic (exact) mass is 420 g/mol. The van der Waals surface area contributed by atoms with Crippen molar-refractivity contribution in [3.05, 3.63) is 65.2 Å². The number of rotatable bonds is 5. The highest BCUT2D eigenvalue weighted by Crippen LogP contribution is 2.29. The van der Waals surface area contributed by atoms with E-state index < -0.39 is 5.82 Å². The SMILES string of the molecule is Cc1nc2ccccc2n1Cc1ccc(C(=O)N(C)C2CCN(C3CCC3)C2)c(F)c1. The van der Waals surface area contributed by atoms with Crippen LogP contribution in [0.25, 0.3) is 11.0 Å². The summed E-state index contributed by atoms with van der Waals surface area (Å²) in [6.45, 7) is 4.41. The van der Waals surface area contributed by atoms with Crippen LogP contribution in [0.15, 0.2) is 42.5 Å². The molecule has 1 aliphatic carbocycles. The highest BCUT2D eigenvalue weighted by Gasteiger charge is 2.35. The summed E-state index contributed by atoms with van der Waals surface area (Å²) in [4.78, 5) is 21.8. The van der Waals surface area contributed by atoms with Crippen LogP contribution in [-0.2, 0) is 6.54 Å². The van der Waals surface area contributed by atoms with E-state index in [1.165, 1.54) is 25.3 Å². The first-order chi connectivity index (χ1) is 15.0. The predicted molar refractivity (Wildman–Crippen MR) is 120 cm³/mol. The number of halogens is 1. The first kappa shape index (κ1) is 20.2. The third-order valence-electron chi connectivity index (χ3n) is 7.10. The van der Waals surface area contributed by atoms with E-state index in [4.69, 9.17) is 0 Å². The van der Waals surface area contributed by atoms with Crippen molar-refractivity contribution in [3.63, 3.8) is 0 Å². The topological polar surface area (TPSA) is 41.4 Å². The lowest BCUT2D eigenvalue weighted by Gasteiger charge is -2.35. The second-order valence-corrected chi connectivity index (χ2v) is 8.99. The molecule has 0 radical (unpaired) electrons. The van der Waals surface area contributed by atoms with Crippen molar-refractivity contribution in [1.29, 1.82) is 0 Å². The number of aromatic nitrogens is 2. The fourth-order valence-corrected chi connectivity index (χ4v) is 4.93. The maximum absolute atomic E-state index is 15.0. The van der Waals surface area contributed by atoms with E-state index in [1.807, 2.05) is 44.3 Å². The number of likely N-dealkylation sites (tertiary alicyclic amines) is 1. The molecule has 2 heterocycles. The zero-order valence-corrected chi connectivity index (χ0v) is 18.2. The van der Waals surface area contributed by atoms with Gasteiger partial charge in [-0.3, -0.25) is 9.69 Å². The maximum atomic E-state index is 15.0. The Kier molecular flexibility index (Phi) is 5.26. The van der Waals surface area contributed by atoms with Crippen molar-refractivity contribution in [2.75, 3.05) is 20.1 Å². The summed E-state index contributed by atoms with van der Waals surface area (Å²) < 4.78 is 17.1. The molecular weight excluding hydrogens is 391 g/mol. The average molecular weight is 421 g/mol. The molecule has 1 unspecified atom stereocenters. The van der Waals surface area contributed by atoms with Gasteiger partial charge in [-0.25, -0.2) is 9.37 Å². The molecule has 0 bridgehead atoms. The fourth-order valence-electron chi connectivity index (χ4n) is 4.93. The van der Waals surface area contributed by atoms with Crippen LogP contribution in [0.5, 0.6) is 0 Å². The molecule has 5 nitrogen and oxygen atoms in total. The lowest BCUT2D eigenvalue weighted by Crippen LogP contribution is -2.43. The molecule has 1 aliphatic heterocycles. The Morgan fingerprint density at radius 3 is 2.74 bits per heavy atom. The normalized spacial score (nSPS) is 19.6. The van der Waals surface area contributed by atoms with Gasteiger partial charge in [-0.2, -0.15) is 0 Å². The van der Waals surface area contributed by atoms with Gasteiger partial charge >= 0.3 is 0 Å². The van der Waals surface area contributed by atoms with Crippen LogP contribution >= 0.6 is 0 Å². The molecule has 1 amide bonds. The Morgan fingerprint density at radius 1 is 1.19 bits per heavy atom. The van der Waals surface area contributed by atoms with E-state index in [1.54, 1.807) is 11.0 Å². The number of carbonyl (C=O) groups is 1. The van der Waals surface area contributed by atoms with Gasteiger partial charge in [0, 0.05) is 38.8 Å². The van der Waals surface area contributed by atoms with Crippen LogP contribution in [0.2, 0.25) is 0 Å². The number of hydrogen-bond donors (Lipinski definition) is 0. The first-order valence-corrected chi connectivity index (χ1v) is 11.2. The summed E-state index contributed by atoms with van der Waals surface area (Å²) in [5.74, 6) is 0.206. The largest absolute Gasteiger partial charge is 0.337 e. The van der Waals surface area contributed by atoms with Crippen LogP contribution in [0.4, 0.5) is 4.39 Å².